The molecule has 1 aromatic carbocycles. The van der Waals surface area contributed by atoms with Gasteiger partial charge in [-0.05, 0) is 42.0 Å². The first-order valence-electron chi connectivity index (χ1n) is 5.14. The standard InChI is InChI=1S/C13H11FN2O/c14-11-3-1-10(2-4-11)13(17)12(15)9-5-7-16-8-6-9/h1-8,12H,15H2. The molecule has 86 valence electrons. The number of carbonyl (C=O) groups excluding carboxylic acids is 1. The Hall–Kier alpha value is -2.07. The number of hydrogen-bond donors (Lipinski definition) is 1. The molecule has 0 saturated carbocycles. The van der Waals surface area contributed by atoms with Crippen LogP contribution in [0.15, 0.2) is 48.8 Å². The summed E-state index contributed by atoms with van der Waals surface area (Å²) in [7, 11) is 0. The molecule has 0 aliphatic rings. The van der Waals surface area contributed by atoms with Crippen molar-refractivity contribution < 1.29 is 9.18 Å². The van der Waals surface area contributed by atoms with E-state index in [9.17, 15) is 9.18 Å². The number of rotatable bonds is 3. The van der Waals surface area contributed by atoms with Crippen LogP contribution in [0.3, 0.4) is 0 Å². The van der Waals surface area contributed by atoms with E-state index in [4.69, 9.17) is 5.73 Å². The number of halogens is 1. The third kappa shape index (κ3) is 2.54. The van der Waals surface area contributed by atoms with Crippen molar-refractivity contribution in [2.45, 2.75) is 6.04 Å². The van der Waals surface area contributed by atoms with Crippen molar-refractivity contribution in [3.05, 3.63) is 65.7 Å². The van der Waals surface area contributed by atoms with Crippen molar-refractivity contribution in [1.82, 2.24) is 4.98 Å². The van der Waals surface area contributed by atoms with Gasteiger partial charge in [0.15, 0.2) is 5.78 Å². The van der Waals surface area contributed by atoms with Gasteiger partial charge in [0.05, 0.1) is 6.04 Å². The van der Waals surface area contributed by atoms with E-state index in [2.05, 4.69) is 4.98 Å². The second-order valence-electron chi connectivity index (χ2n) is 3.63. The zero-order valence-corrected chi connectivity index (χ0v) is 9.01. The van der Waals surface area contributed by atoms with Crippen LogP contribution in [-0.2, 0) is 0 Å². The lowest BCUT2D eigenvalue weighted by molar-refractivity contribution is 0.0961. The van der Waals surface area contributed by atoms with E-state index in [1.807, 2.05) is 0 Å². The number of hydrogen-bond acceptors (Lipinski definition) is 3. The topological polar surface area (TPSA) is 56.0 Å². The molecule has 2 rings (SSSR count). The van der Waals surface area contributed by atoms with Crippen molar-refractivity contribution >= 4 is 5.78 Å². The zero-order chi connectivity index (χ0) is 12.3. The van der Waals surface area contributed by atoms with Crippen LogP contribution in [-0.4, -0.2) is 10.8 Å². The Balaban J connectivity index is 2.23. The minimum Gasteiger partial charge on any atom is -0.318 e. The maximum absolute atomic E-state index is 12.7. The molecule has 2 N–H and O–H groups in total. The van der Waals surface area contributed by atoms with Gasteiger partial charge >= 0.3 is 0 Å². The highest BCUT2D eigenvalue weighted by Gasteiger charge is 2.17. The van der Waals surface area contributed by atoms with E-state index in [-0.39, 0.29) is 11.6 Å². The summed E-state index contributed by atoms with van der Waals surface area (Å²) >= 11 is 0. The average Bonchev–Trinajstić information content (AvgIpc) is 2.39. The van der Waals surface area contributed by atoms with Gasteiger partial charge in [-0.25, -0.2) is 4.39 Å². The summed E-state index contributed by atoms with van der Waals surface area (Å²) in [5.74, 6) is -0.616. The highest BCUT2D eigenvalue weighted by molar-refractivity contribution is 6.00. The van der Waals surface area contributed by atoms with Crippen LogP contribution in [0.4, 0.5) is 4.39 Å². The van der Waals surface area contributed by atoms with Crippen molar-refractivity contribution in [3.8, 4) is 0 Å². The van der Waals surface area contributed by atoms with Crippen LogP contribution in [0.2, 0.25) is 0 Å². The van der Waals surface area contributed by atoms with Crippen LogP contribution < -0.4 is 5.73 Å². The van der Waals surface area contributed by atoms with Gasteiger partial charge in [0.2, 0.25) is 0 Å². The molecule has 1 heterocycles. The van der Waals surface area contributed by atoms with Gasteiger partial charge in [-0.15, -0.1) is 0 Å². The molecule has 0 fully saturated rings. The first-order valence-corrected chi connectivity index (χ1v) is 5.14. The molecule has 0 amide bonds. The monoisotopic (exact) mass is 230 g/mol. The normalized spacial score (nSPS) is 12.1. The minimum absolute atomic E-state index is 0.240. The van der Waals surface area contributed by atoms with Crippen molar-refractivity contribution in [1.29, 1.82) is 0 Å². The van der Waals surface area contributed by atoms with Crippen LogP contribution in [0.5, 0.6) is 0 Å². The van der Waals surface area contributed by atoms with Gasteiger partial charge < -0.3 is 5.73 Å². The van der Waals surface area contributed by atoms with Gasteiger partial charge in [-0.2, -0.15) is 0 Å². The predicted octanol–water partition coefficient (Wildman–Crippen LogP) is 2.10. The summed E-state index contributed by atoms with van der Waals surface area (Å²) in [4.78, 5) is 15.8. The maximum Gasteiger partial charge on any atom is 0.184 e. The van der Waals surface area contributed by atoms with E-state index in [0.717, 1.165) is 0 Å². The Morgan fingerprint density at radius 2 is 1.71 bits per heavy atom. The quantitative estimate of drug-likeness (QED) is 0.821. The molecule has 3 nitrogen and oxygen atoms in total. The molecule has 0 radical (unpaired) electrons. The molecule has 0 aliphatic heterocycles. The number of benzene rings is 1. The Morgan fingerprint density at radius 1 is 1.12 bits per heavy atom. The predicted molar refractivity (Wildman–Crippen MR) is 61.9 cm³/mol. The Labute approximate surface area is 98.1 Å². The summed E-state index contributed by atoms with van der Waals surface area (Å²) in [6.07, 6.45) is 3.15. The van der Waals surface area contributed by atoms with Gasteiger partial charge in [-0.1, -0.05) is 0 Å². The second kappa shape index (κ2) is 4.84. The van der Waals surface area contributed by atoms with E-state index in [1.54, 1.807) is 24.5 Å². The number of aromatic nitrogens is 1. The fraction of sp³-hybridized carbons (Fsp3) is 0.0769. The largest absolute Gasteiger partial charge is 0.318 e. The van der Waals surface area contributed by atoms with Gasteiger partial charge in [0.25, 0.3) is 0 Å². The summed E-state index contributed by atoms with van der Waals surface area (Å²) in [5.41, 5.74) is 6.93. The van der Waals surface area contributed by atoms with Gasteiger partial charge in [-0.3, -0.25) is 9.78 Å². The molecular formula is C13H11FN2O. The van der Waals surface area contributed by atoms with Gasteiger partial charge in [0, 0.05) is 18.0 Å². The summed E-state index contributed by atoms with van der Waals surface area (Å²) in [6, 6.07) is 7.97. The third-order valence-electron chi connectivity index (χ3n) is 2.48. The van der Waals surface area contributed by atoms with Gasteiger partial charge in [0.1, 0.15) is 5.82 Å². The third-order valence-corrected chi connectivity index (χ3v) is 2.48. The van der Waals surface area contributed by atoms with E-state index < -0.39 is 6.04 Å². The molecular weight excluding hydrogens is 219 g/mol. The molecule has 1 unspecified atom stereocenters. The summed E-state index contributed by atoms with van der Waals surface area (Å²) in [6.45, 7) is 0. The van der Waals surface area contributed by atoms with Crippen LogP contribution in [0, 0.1) is 5.82 Å². The zero-order valence-electron chi connectivity index (χ0n) is 9.01. The Morgan fingerprint density at radius 3 is 2.29 bits per heavy atom. The number of pyridine rings is 1. The lowest BCUT2D eigenvalue weighted by atomic mass is 9.99. The molecule has 1 aromatic heterocycles. The smallest absolute Gasteiger partial charge is 0.184 e. The van der Waals surface area contributed by atoms with Crippen LogP contribution in [0.25, 0.3) is 0 Å². The highest BCUT2D eigenvalue weighted by Crippen LogP contribution is 2.15. The second-order valence-corrected chi connectivity index (χ2v) is 3.63. The average molecular weight is 230 g/mol. The number of nitrogens with zero attached hydrogens (tertiary/aromatic N) is 1. The van der Waals surface area contributed by atoms with Crippen LogP contribution >= 0.6 is 0 Å². The van der Waals surface area contributed by atoms with E-state index in [0.29, 0.717) is 11.1 Å². The Bertz CT molecular complexity index is 511. The molecule has 2 aromatic rings. The highest BCUT2D eigenvalue weighted by atomic mass is 19.1. The molecule has 1 atom stereocenters. The number of nitrogens with two attached hydrogens (primary N) is 1. The number of Topliss-reactive ketones (excluding diaryl/α,β-unsaturated/α-hetero) is 1. The lowest BCUT2D eigenvalue weighted by Gasteiger charge is -2.10. The van der Waals surface area contributed by atoms with E-state index in [1.165, 1.54) is 24.3 Å². The number of carbonyl (C=O) groups is 1. The summed E-state index contributed by atoms with van der Waals surface area (Å²) < 4.78 is 12.7. The van der Waals surface area contributed by atoms with Crippen LogP contribution in [0.1, 0.15) is 22.0 Å². The molecule has 17 heavy (non-hydrogen) atoms. The minimum atomic E-state index is -0.747. The first-order chi connectivity index (χ1) is 8.18. The van der Waals surface area contributed by atoms with Crippen molar-refractivity contribution in [2.75, 3.05) is 0 Å². The lowest BCUT2D eigenvalue weighted by Crippen LogP contribution is -2.21. The molecule has 0 saturated heterocycles. The fourth-order valence-corrected chi connectivity index (χ4v) is 1.52. The van der Waals surface area contributed by atoms with Crippen molar-refractivity contribution in [2.24, 2.45) is 5.73 Å². The summed E-state index contributed by atoms with van der Waals surface area (Å²) in [5, 5.41) is 0. The van der Waals surface area contributed by atoms with E-state index >= 15 is 0 Å². The SMILES string of the molecule is NC(C(=O)c1ccc(F)cc1)c1ccncc1. The number of ketones is 1. The maximum atomic E-state index is 12.7. The first kappa shape index (κ1) is 11.4. The fourth-order valence-electron chi connectivity index (χ4n) is 1.52. The molecule has 4 heteroatoms. The molecule has 0 aliphatic carbocycles. The molecule has 0 bridgehead atoms. The molecule has 0 spiro atoms. The van der Waals surface area contributed by atoms with Crippen molar-refractivity contribution in [3.63, 3.8) is 0 Å². The Kier molecular flexibility index (Phi) is 3.25.